The lowest BCUT2D eigenvalue weighted by Gasteiger charge is -2.13. The Bertz CT molecular complexity index is 695. The Morgan fingerprint density at radius 2 is 1.78 bits per heavy atom. The van der Waals surface area contributed by atoms with Crippen LogP contribution in [0.1, 0.15) is 5.56 Å². The van der Waals surface area contributed by atoms with Crippen molar-refractivity contribution in [3.63, 3.8) is 0 Å². The van der Waals surface area contributed by atoms with Crippen molar-refractivity contribution in [1.29, 1.82) is 0 Å². The van der Waals surface area contributed by atoms with Crippen LogP contribution in [0.3, 0.4) is 0 Å². The molecular formula is C16H15NO5S. The Hall–Kier alpha value is -2.59. The van der Waals surface area contributed by atoms with Gasteiger partial charge in [0, 0.05) is 12.1 Å². The number of amides is 2. The summed E-state index contributed by atoms with van der Waals surface area (Å²) in [6.45, 7) is -0.0567. The third-order valence-electron chi connectivity index (χ3n) is 3.15. The summed E-state index contributed by atoms with van der Waals surface area (Å²) in [5.41, 5.74) is 0.544. The van der Waals surface area contributed by atoms with E-state index in [0.29, 0.717) is 22.8 Å². The fourth-order valence-electron chi connectivity index (χ4n) is 2.03. The highest BCUT2D eigenvalue weighted by molar-refractivity contribution is 8.18. The second-order valence-corrected chi connectivity index (χ2v) is 5.41. The van der Waals surface area contributed by atoms with Crippen molar-refractivity contribution in [3.05, 3.63) is 22.6 Å². The first-order chi connectivity index (χ1) is 11.0. The van der Waals surface area contributed by atoms with Crippen LogP contribution in [-0.4, -0.2) is 43.9 Å². The van der Waals surface area contributed by atoms with Crippen LogP contribution in [0.5, 0.6) is 17.2 Å². The van der Waals surface area contributed by atoms with Gasteiger partial charge in [0.2, 0.25) is 0 Å². The van der Waals surface area contributed by atoms with Gasteiger partial charge in [-0.1, -0.05) is 5.92 Å². The zero-order valence-corrected chi connectivity index (χ0v) is 13.7. The number of carbonyl (C=O) groups excluding carboxylic acids is 2. The second-order valence-electron chi connectivity index (χ2n) is 4.42. The molecule has 2 amide bonds. The standard InChI is InChI=1S/C16H15NO5S/c1-5-6-17-15(18)14(23-16(17)19)9-11-12(21-3)7-10(20-2)8-13(11)22-4/h1,7-9H,6H2,2-4H3. The summed E-state index contributed by atoms with van der Waals surface area (Å²) in [7, 11) is 4.52. The first-order valence-corrected chi connectivity index (χ1v) is 7.36. The molecule has 0 bridgehead atoms. The van der Waals surface area contributed by atoms with Gasteiger partial charge in [-0.3, -0.25) is 14.5 Å². The SMILES string of the molecule is C#CCN1C(=O)SC(=Cc2c(OC)cc(OC)cc2OC)C1=O. The first kappa shape index (κ1) is 16.8. The molecule has 0 radical (unpaired) electrons. The van der Waals surface area contributed by atoms with Crippen molar-refractivity contribution in [3.8, 4) is 29.6 Å². The molecule has 0 aromatic heterocycles. The van der Waals surface area contributed by atoms with Crippen LogP contribution in [0, 0.1) is 12.3 Å². The summed E-state index contributed by atoms with van der Waals surface area (Å²) in [6, 6.07) is 3.33. The Morgan fingerprint density at radius 3 is 2.26 bits per heavy atom. The molecule has 0 saturated carbocycles. The molecule has 1 aromatic carbocycles. The molecular weight excluding hydrogens is 318 g/mol. The Labute approximate surface area is 138 Å². The van der Waals surface area contributed by atoms with E-state index in [1.54, 1.807) is 18.2 Å². The third-order valence-corrected chi connectivity index (χ3v) is 4.06. The van der Waals surface area contributed by atoms with Crippen LogP contribution >= 0.6 is 11.8 Å². The number of carbonyl (C=O) groups is 2. The van der Waals surface area contributed by atoms with E-state index in [0.717, 1.165) is 16.7 Å². The van der Waals surface area contributed by atoms with E-state index in [2.05, 4.69) is 5.92 Å². The zero-order chi connectivity index (χ0) is 17.0. The molecule has 1 heterocycles. The number of nitrogens with zero attached hydrogens (tertiary/aromatic N) is 1. The molecule has 1 saturated heterocycles. The molecule has 2 rings (SSSR count). The number of thioether (sulfide) groups is 1. The van der Waals surface area contributed by atoms with Crippen LogP contribution in [0.4, 0.5) is 4.79 Å². The van der Waals surface area contributed by atoms with Crippen LogP contribution in [0.15, 0.2) is 17.0 Å². The van der Waals surface area contributed by atoms with Gasteiger partial charge in [0.25, 0.3) is 11.1 Å². The van der Waals surface area contributed by atoms with Crippen molar-refractivity contribution in [2.75, 3.05) is 27.9 Å². The van der Waals surface area contributed by atoms with Crippen LogP contribution in [0.25, 0.3) is 6.08 Å². The van der Waals surface area contributed by atoms with Gasteiger partial charge < -0.3 is 14.2 Å². The molecule has 1 aliphatic heterocycles. The third kappa shape index (κ3) is 3.27. The quantitative estimate of drug-likeness (QED) is 0.609. The number of ether oxygens (including phenoxy) is 3. The molecule has 7 heteroatoms. The number of benzene rings is 1. The van der Waals surface area contributed by atoms with Crippen LogP contribution in [-0.2, 0) is 4.79 Å². The van der Waals surface area contributed by atoms with Gasteiger partial charge in [0.1, 0.15) is 17.2 Å². The van der Waals surface area contributed by atoms with E-state index in [4.69, 9.17) is 20.6 Å². The van der Waals surface area contributed by atoms with E-state index in [1.165, 1.54) is 21.3 Å². The van der Waals surface area contributed by atoms with Gasteiger partial charge >= 0.3 is 0 Å². The number of terminal acetylenes is 1. The molecule has 120 valence electrons. The molecule has 1 fully saturated rings. The molecule has 0 atom stereocenters. The number of methoxy groups -OCH3 is 3. The van der Waals surface area contributed by atoms with Gasteiger partial charge in [0.05, 0.1) is 38.3 Å². The molecule has 0 N–H and O–H groups in total. The highest BCUT2D eigenvalue weighted by atomic mass is 32.2. The average molecular weight is 333 g/mol. The summed E-state index contributed by atoms with van der Waals surface area (Å²) in [4.78, 5) is 25.3. The molecule has 0 spiro atoms. The van der Waals surface area contributed by atoms with Crippen molar-refractivity contribution >= 4 is 29.0 Å². The molecule has 0 aliphatic carbocycles. The Morgan fingerprint density at radius 1 is 1.17 bits per heavy atom. The lowest BCUT2D eigenvalue weighted by molar-refractivity contribution is -0.122. The number of hydrogen-bond donors (Lipinski definition) is 0. The van der Waals surface area contributed by atoms with Crippen LogP contribution in [0.2, 0.25) is 0 Å². The van der Waals surface area contributed by atoms with Gasteiger partial charge in [-0.25, -0.2) is 0 Å². The summed E-state index contributed by atoms with van der Waals surface area (Å²) >= 11 is 0.826. The fourth-order valence-corrected chi connectivity index (χ4v) is 2.85. The van der Waals surface area contributed by atoms with Crippen molar-refractivity contribution in [1.82, 2.24) is 4.90 Å². The Kier molecular flexibility index (Phi) is 5.19. The largest absolute Gasteiger partial charge is 0.496 e. The topological polar surface area (TPSA) is 65.1 Å². The van der Waals surface area contributed by atoms with Crippen molar-refractivity contribution in [2.45, 2.75) is 0 Å². The monoisotopic (exact) mass is 333 g/mol. The van der Waals surface area contributed by atoms with E-state index in [1.807, 2.05) is 0 Å². The zero-order valence-electron chi connectivity index (χ0n) is 12.9. The second kappa shape index (κ2) is 7.11. The van der Waals surface area contributed by atoms with Crippen molar-refractivity contribution in [2.24, 2.45) is 0 Å². The van der Waals surface area contributed by atoms with E-state index < -0.39 is 11.1 Å². The smallest absolute Gasteiger partial charge is 0.294 e. The first-order valence-electron chi connectivity index (χ1n) is 6.54. The fraction of sp³-hybridized carbons (Fsp3) is 0.250. The summed E-state index contributed by atoms with van der Waals surface area (Å²) in [5.74, 6) is 3.34. The number of rotatable bonds is 5. The average Bonchev–Trinajstić information content (AvgIpc) is 2.82. The minimum Gasteiger partial charge on any atom is -0.496 e. The normalized spacial score (nSPS) is 15.7. The maximum absolute atomic E-state index is 12.2. The van der Waals surface area contributed by atoms with Crippen molar-refractivity contribution < 1.29 is 23.8 Å². The number of imide groups is 1. The van der Waals surface area contributed by atoms with E-state index in [9.17, 15) is 9.59 Å². The maximum Gasteiger partial charge on any atom is 0.294 e. The van der Waals surface area contributed by atoms with E-state index >= 15 is 0 Å². The predicted molar refractivity (Wildman–Crippen MR) is 87.6 cm³/mol. The molecule has 0 unspecified atom stereocenters. The van der Waals surface area contributed by atoms with Gasteiger partial charge in [-0.05, 0) is 17.8 Å². The highest BCUT2D eigenvalue weighted by Gasteiger charge is 2.34. The van der Waals surface area contributed by atoms with E-state index in [-0.39, 0.29) is 11.4 Å². The van der Waals surface area contributed by atoms with Gasteiger partial charge in [0.15, 0.2) is 0 Å². The minimum atomic E-state index is -0.433. The van der Waals surface area contributed by atoms with Gasteiger partial charge in [-0.15, -0.1) is 6.42 Å². The summed E-state index contributed by atoms with van der Waals surface area (Å²) in [6.07, 6.45) is 6.73. The molecule has 1 aliphatic rings. The number of hydrogen-bond acceptors (Lipinski definition) is 6. The molecule has 23 heavy (non-hydrogen) atoms. The van der Waals surface area contributed by atoms with Crippen LogP contribution < -0.4 is 14.2 Å². The lowest BCUT2D eigenvalue weighted by atomic mass is 10.1. The summed E-state index contributed by atoms with van der Waals surface area (Å²) in [5, 5.41) is -0.398. The lowest BCUT2D eigenvalue weighted by Crippen LogP contribution is -2.28. The predicted octanol–water partition coefficient (Wildman–Crippen LogP) is 2.38. The highest BCUT2D eigenvalue weighted by Crippen LogP contribution is 2.39. The summed E-state index contributed by atoms with van der Waals surface area (Å²) < 4.78 is 15.8. The molecule has 6 nitrogen and oxygen atoms in total. The maximum atomic E-state index is 12.2. The van der Waals surface area contributed by atoms with Gasteiger partial charge in [-0.2, -0.15) is 0 Å². The minimum absolute atomic E-state index is 0.0567. The molecule has 1 aromatic rings. The Balaban J connectivity index is 2.49.